The third kappa shape index (κ3) is 3.81. The molecule has 0 unspecified atom stereocenters. The molecule has 6 heterocycles. The van der Waals surface area contributed by atoms with Crippen LogP contribution >= 0.6 is 22.7 Å². The number of aromatic nitrogens is 2. The van der Waals surface area contributed by atoms with Gasteiger partial charge in [-0.2, -0.15) is 0 Å². The minimum absolute atomic E-state index is 0.252. The quantitative estimate of drug-likeness (QED) is 0.201. The summed E-state index contributed by atoms with van der Waals surface area (Å²) < 4.78 is 4.51. The van der Waals surface area contributed by atoms with Crippen molar-refractivity contribution in [2.45, 2.75) is 0 Å². The summed E-state index contributed by atoms with van der Waals surface area (Å²) >= 11 is 3.08. The van der Waals surface area contributed by atoms with Crippen molar-refractivity contribution in [1.29, 1.82) is 0 Å². The van der Waals surface area contributed by atoms with Crippen LogP contribution in [0.2, 0.25) is 0 Å². The molecule has 0 fully saturated rings. The Morgan fingerprint density at radius 2 is 1.22 bits per heavy atom. The van der Waals surface area contributed by atoms with Gasteiger partial charge >= 0.3 is 0 Å². The number of aryl methyl sites for hydroxylation is 2. The number of amides is 2. The minimum Gasteiger partial charge on any atom is -0.350 e. The van der Waals surface area contributed by atoms with Crippen molar-refractivity contribution >= 4 is 67.7 Å². The average molecular weight is 635 g/mol. The predicted octanol–water partition coefficient (Wildman–Crippen LogP) is 8.18. The number of fused-ring (bicyclic) bond motifs is 3. The smallest absolute Gasteiger partial charge is 0.258 e. The number of nitrogens with zero attached hydrogens (tertiary/aromatic N) is 2. The Kier molecular flexibility index (Phi) is 5.87. The first-order chi connectivity index (χ1) is 22.5. The maximum atomic E-state index is 13.2. The predicted molar refractivity (Wildman–Crippen MR) is 188 cm³/mol. The van der Waals surface area contributed by atoms with Crippen LogP contribution in [0.25, 0.3) is 66.0 Å². The van der Waals surface area contributed by atoms with E-state index < -0.39 is 0 Å². The number of rotatable bonds is 5. The SMILES string of the molecule is Cn1ccc2c(-c3ccccc3)c3c(cc(-c4ccc(C5=C6C(=O)NC(c7cccs7)=C6C(=O)N5)s4)n3C)c(-c3ccccc3)c21. The average Bonchev–Trinajstić information content (AvgIpc) is 3.92. The Hall–Kier alpha value is -5.44. The highest BCUT2D eigenvalue weighted by molar-refractivity contribution is 7.16. The zero-order chi connectivity index (χ0) is 31.1. The van der Waals surface area contributed by atoms with Crippen LogP contribution in [0.5, 0.6) is 0 Å². The van der Waals surface area contributed by atoms with Gasteiger partial charge in [0.15, 0.2) is 0 Å². The molecule has 2 aliphatic rings. The van der Waals surface area contributed by atoms with E-state index in [9.17, 15) is 9.59 Å². The number of carbonyl (C=O) groups excluding carboxylic acids is 2. The topological polar surface area (TPSA) is 68.1 Å². The van der Waals surface area contributed by atoms with Gasteiger partial charge in [-0.15, -0.1) is 22.7 Å². The third-order valence-corrected chi connectivity index (χ3v) is 11.0. The fourth-order valence-electron chi connectivity index (χ4n) is 7.01. The number of carbonyl (C=O) groups is 2. The highest BCUT2D eigenvalue weighted by Gasteiger charge is 2.41. The Balaban J connectivity index is 1.27. The summed E-state index contributed by atoms with van der Waals surface area (Å²) in [5.41, 5.74) is 10.1. The lowest BCUT2D eigenvalue weighted by atomic mass is 9.92. The zero-order valence-electron chi connectivity index (χ0n) is 24.9. The van der Waals surface area contributed by atoms with Crippen LogP contribution in [0.1, 0.15) is 9.75 Å². The van der Waals surface area contributed by atoms with Gasteiger partial charge in [-0.3, -0.25) is 9.59 Å². The molecule has 4 aromatic heterocycles. The summed E-state index contributed by atoms with van der Waals surface area (Å²) in [6, 6.07) is 33.6. The molecule has 2 N–H and O–H groups in total. The molecular weight excluding hydrogens is 609 g/mol. The molecule has 0 bridgehead atoms. The van der Waals surface area contributed by atoms with E-state index in [4.69, 9.17) is 0 Å². The van der Waals surface area contributed by atoms with Gasteiger partial charge in [0.2, 0.25) is 0 Å². The van der Waals surface area contributed by atoms with Crippen molar-refractivity contribution in [3.8, 4) is 32.8 Å². The van der Waals surface area contributed by atoms with Crippen molar-refractivity contribution in [3.05, 3.63) is 130 Å². The van der Waals surface area contributed by atoms with Crippen LogP contribution < -0.4 is 10.6 Å². The normalized spacial score (nSPS) is 14.6. The van der Waals surface area contributed by atoms with E-state index >= 15 is 0 Å². The van der Waals surface area contributed by atoms with E-state index in [1.165, 1.54) is 38.8 Å². The fourth-order valence-corrected chi connectivity index (χ4v) is 8.80. The molecule has 222 valence electrons. The van der Waals surface area contributed by atoms with Gasteiger partial charge < -0.3 is 19.8 Å². The van der Waals surface area contributed by atoms with E-state index in [2.05, 4.69) is 119 Å². The van der Waals surface area contributed by atoms with Crippen LogP contribution in [-0.2, 0) is 23.7 Å². The number of nitrogens with one attached hydrogen (secondary N) is 2. The van der Waals surface area contributed by atoms with Crippen molar-refractivity contribution in [1.82, 2.24) is 19.8 Å². The van der Waals surface area contributed by atoms with Crippen molar-refractivity contribution in [3.63, 3.8) is 0 Å². The van der Waals surface area contributed by atoms with Crippen LogP contribution in [-0.4, -0.2) is 20.9 Å². The minimum atomic E-state index is -0.252. The highest BCUT2D eigenvalue weighted by Crippen LogP contribution is 2.48. The maximum Gasteiger partial charge on any atom is 0.258 e. The number of benzene rings is 3. The lowest BCUT2D eigenvalue weighted by Crippen LogP contribution is -2.20. The van der Waals surface area contributed by atoms with Gasteiger partial charge in [-0.1, -0.05) is 66.7 Å². The fraction of sp³-hybridized carbons (Fsp3) is 0.0526. The molecule has 0 saturated carbocycles. The van der Waals surface area contributed by atoms with Crippen molar-refractivity contribution < 1.29 is 9.59 Å². The molecule has 7 aromatic rings. The lowest BCUT2D eigenvalue weighted by molar-refractivity contribution is -0.117. The summed E-state index contributed by atoms with van der Waals surface area (Å²) in [5.74, 6) is -0.504. The molecule has 6 nitrogen and oxygen atoms in total. The third-order valence-electron chi connectivity index (χ3n) is 9.00. The van der Waals surface area contributed by atoms with Crippen LogP contribution in [0.15, 0.2) is 120 Å². The monoisotopic (exact) mass is 634 g/mol. The Morgan fingerprint density at radius 1 is 0.609 bits per heavy atom. The van der Waals surface area contributed by atoms with Gasteiger partial charge in [0.25, 0.3) is 11.8 Å². The van der Waals surface area contributed by atoms with Gasteiger partial charge in [0.1, 0.15) is 0 Å². The molecule has 0 atom stereocenters. The molecule has 2 aliphatic heterocycles. The number of hydrogen-bond acceptors (Lipinski definition) is 4. The maximum absolute atomic E-state index is 13.2. The second kappa shape index (κ2) is 10.0. The van der Waals surface area contributed by atoms with E-state index in [0.717, 1.165) is 37.0 Å². The molecule has 9 rings (SSSR count). The number of thiophene rings is 2. The first-order valence-electron chi connectivity index (χ1n) is 15.0. The Morgan fingerprint density at radius 3 is 1.85 bits per heavy atom. The van der Waals surface area contributed by atoms with Gasteiger partial charge in [0, 0.05) is 42.2 Å². The first kappa shape index (κ1) is 26.9. The van der Waals surface area contributed by atoms with Gasteiger partial charge in [-0.25, -0.2) is 0 Å². The largest absolute Gasteiger partial charge is 0.350 e. The molecular formula is C38H26N4O2S2. The van der Waals surface area contributed by atoms with E-state index in [1.807, 2.05) is 23.6 Å². The number of hydrogen-bond donors (Lipinski definition) is 2. The highest BCUT2D eigenvalue weighted by atomic mass is 32.1. The van der Waals surface area contributed by atoms with Gasteiger partial charge in [-0.05, 0) is 46.8 Å². The summed E-state index contributed by atoms with van der Waals surface area (Å²) in [7, 11) is 4.24. The molecule has 3 aromatic carbocycles. The molecule has 8 heteroatoms. The van der Waals surface area contributed by atoms with E-state index in [1.54, 1.807) is 11.3 Å². The van der Waals surface area contributed by atoms with E-state index in [0.29, 0.717) is 22.5 Å². The molecule has 0 aliphatic carbocycles. The summed E-state index contributed by atoms with van der Waals surface area (Å²) in [5, 5.41) is 10.3. The summed E-state index contributed by atoms with van der Waals surface area (Å²) in [6.07, 6.45) is 2.14. The Bertz CT molecular complexity index is 2420. The molecule has 0 radical (unpaired) electrons. The van der Waals surface area contributed by atoms with Gasteiger partial charge in [0.05, 0.1) is 53.9 Å². The summed E-state index contributed by atoms with van der Waals surface area (Å²) in [4.78, 5) is 29.2. The first-order valence-corrected chi connectivity index (χ1v) is 16.7. The molecule has 2 amide bonds. The van der Waals surface area contributed by atoms with Crippen molar-refractivity contribution in [2.24, 2.45) is 14.1 Å². The standard InChI is InChI=1S/C38H26N4O2S2/c1-41-18-17-23-29(21-10-5-3-6-11-21)36-24(30(35(23)41)22-12-7-4-8-13-22)20-25(42(36)2)26-15-16-28(46-26)34-32-31(37(43)40-34)33(39-38(32)44)27-14-9-19-45-27/h3-20H,1-2H3,(H,39,44)(H,40,43). The Labute approximate surface area is 272 Å². The van der Waals surface area contributed by atoms with Crippen LogP contribution in [0.4, 0.5) is 0 Å². The second-order valence-electron chi connectivity index (χ2n) is 11.6. The van der Waals surface area contributed by atoms with Crippen LogP contribution in [0.3, 0.4) is 0 Å². The van der Waals surface area contributed by atoms with Crippen LogP contribution in [0, 0.1) is 0 Å². The lowest BCUT2D eigenvalue weighted by Gasteiger charge is -2.15. The second-order valence-corrected chi connectivity index (χ2v) is 13.6. The zero-order valence-corrected chi connectivity index (χ0v) is 26.6. The molecule has 46 heavy (non-hydrogen) atoms. The summed E-state index contributed by atoms with van der Waals surface area (Å²) in [6.45, 7) is 0. The van der Waals surface area contributed by atoms with E-state index in [-0.39, 0.29) is 11.8 Å². The van der Waals surface area contributed by atoms with Crippen molar-refractivity contribution in [2.75, 3.05) is 0 Å². The molecule has 0 saturated heterocycles. The molecule has 0 spiro atoms.